The van der Waals surface area contributed by atoms with Gasteiger partial charge in [-0.05, 0) is 13.0 Å². The van der Waals surface area contributed by atoms with Gasteiger partial charge in [-0.2, -0.15) is 0 Å². The van der Waals surface area contributed by atoms with Crippen LogP contribution in [-0.2, 0) is 0 Å². The first-order valence-electron chi connectivity index (χ1n) is 4.00. The summed E-state index contributed by atoms with van der Waals surface area (Å²) in [5, 5.41) is 12.8. The van der Waals surface area contributed by atoms with Crippen LogP contribution in [0.3, 0.4) is 0 Å². The Labute approximate surface area is 61.0 Å². The zero-order chi connectivity index (χ0) is 6.97. The van der Waals surface area contributed by atoms with Crippen molar-refractivity contribution in [3.8, 4) is 0 Å². The number of hydrogen-bond donors (Lipinski definition) is 2. The monoisotopic (exact) mass is 142 g/mol. The van der Waals surface area contributed by atoms with E-state index in [9.17, 15) is 5.11 Å². The number of piperidine rings is 1. The third kappa shape index (κ3) is 1.05. The molecule has 0 aromatic carbocycles. The molecular formula is C7H14N2O. The van der Waals surface area contributed by atoms with E-state index in [1.165, 1.54) is 0 Å². The fraction of sp³-hybridized carbons (Fsp3) is 1.00. The van der Waals surface area contributed by atoms with Crippen molar-refractivity contribution in [2.45, 2.75) is 18.6 Å². The SMILES string of the molecule is O[C@H]1CN2CCNC1CC2. The lowest BCUT2D eigenvalue weighted by atomic mass is 10.0. The predicted molar refractivity (Wildman–Crippen MR) is 38.9 cm³/mol. The van der Waals surface area contributed by atoms with Crippen molar-refractivity contribution in [3.05, 3.63) is 0 Å². The number of rotatable bonds is 0. The second-order valence-corrected chi connectivity index (χ2v) is 3.22. The Bertz CT molecular complexity index is 125. The molecule has 3 rings (SSSR count). The van der Waals surface area contributed by atoms with Gasteiger partial charge in [0.2, 0.25) is 0 Å². The van der Waals surface area contributed by atoms with Crippen LogP contribution >= 0.6 is 0 Å². The van der Waals surface area contributed by atoms with Crippen LogP contribution in [0.15, 0.2) is 0 Å². The lowest BCUT2D eigenvalue weighted by Crippen LogP contribution is -2.47. The lowest BCUT2D eigenvalue weighted by molar-refractivity contribution is 0.0644. The summed E-state index contributed by atoms with van der Waals surface area (Å²) in [6.45, 7) is 4.18. The number of hydrogen-bond acceptors (Lipinski definition) is 3. The molecule has 58 valence electrons. The smallest absolute Gasteiger partial charge is 0.0820 e. The van der Waals surface area contributed by atoms with Crippen LogP contribution in [0.2, 0.25) is 0 Å². The molecule has 3 heteroatoms. The summed E-state index contributed by atoms with van der Waals surface area (Å²) in [7, 11) is 0. The Balaban J connectivity index is 2.07. The molecule has 10 heavy (non-hydrogen) atoms. The van der Waals surface area contributed by atoms with Gasteiger partial charge in [0.25, 0.3) is 0 Å². The molecular weight excluding hydrogens is 128 g/mol. The van der Waals surface area contributed by atoms with Crippen molar-refractivity contribution in [3.63, 3.8) is 0 Å². The summed E-state index contributed by atoms with van der Waals surface area (Å²) in [6, 6.07) is 0.374. The Hall–Kier alpha value is -0.120. The molecule has 3 aliphatic heterocycles. The van der Waals surface area contributed by atoms with Gasteiger partial charge in [0.05, 0.1) is 6.10 Å². The van der Waals surface area contributed by atoms with Crippen LogP contribution in [-0.4, -0.2) is 48.3 Å². The van der Waals surface area contributed by atoms with Gasteiger partial charge >= 0.3 is 0 Å². The average Bonchev–Trinajstić information content (AvgIpc) is 2.20. The molecule has 2 bridgehead atoms. The van der Waals surface area contributed by atoms with Crippen molar-refractivity contribution in [2.75, 3.05) is 26.2 Å². The van der Waals surface area contributed by atoms with Crippen molar-refractivity contribution < 1.29 is 5.11 Å². The maximum absolute atomic E-state index is 9.48. The van der Waals surface area contributed by atoms with E-state index >= 15 is 0 Å². The minimum Gasteiger partial charge on any atom is -0.390 e. The highest BCUT2D eigenvalue weighted by molar-refractivity contribution is 4.88. The highest BCUT2D eigenvalue weighted by Gasteiger charge is 2.29. The van der Waals surface area contributed by atoms with Gasteiger partial charge in [-0.1, -0.05) is 0 Å². The van der Waals surface area contributed by atoms with Gasteiger partial charge in [0.15, 0.2) is 0 Å². The summed E-state index contributed by atoms with van der Waals surface area (Å²) in [4.78, 5) is 2.32. The molecule has 3 saturated heterocycles. The first-order valence-corrected chi connectivity index (χ1v) is 4.00. The van der Waals surface area contributed by atoms with E-state index in [2.05, 4.69) is 10.2 Å². The van der Waals surface area contributed by atoms with Gasteiger partial charge in [0, 0.05) is 25.7 Å². The number of fused-ring (bicyclic) bond motifs is 4. The third-order valence-electron chi connectivity index (χ3n) is 2.50. The molecule has 0 radical (unpaired) electrons. The molecule has 0 aromatic heterocycles. The quantitative estimate of drug-likeness (QED) is 0.456. The molecule has 3 atom stereocenters. The number of aliphatic hydroxyl groups excluding tert-OH is 1. The van der Waals surface area contributed by atoms with E-state index in [-0.39, 0.29) is 6.10 Å². The highest BCUT2D eigenvalue weighted by Crippen LogP contribution is 2.13. The first-order chi connectivity index (χ1) is 4.86. The average molecular weight is 142 g/mol. The number of aliphatic hydroxyl groups is 1. The van der Waals surface area contributed by atoms with Crippen LogP contribution in [0.25, 0.3) is 0 Å². The standard InChI is InChI=1S/C7H14N2O/c10-7-5-9-3-1-6(7)8-2-4-9/h6-8,10H,1-5H2/t6?,7-/m0/s1. The topological polar surface area (TPSA) is 35.5 Å². The molecule has 0 amide bonds. The summed E-state index contributed by atoms with van der Waals surface area (Å²) < 4.78 is 0. The Morgan fingerprint density at radius 2 is 2.30 bits per heavy atom. The van der Waals surface area contributed by atoms with Crippen molar-refractivity contribution in [2.24, 2.45) is 0 Å². The third-order valence-corrected chi connectivity index (χ3v) is 2.50. The summed E-state index contributed by atoms with van der Waals surface area (Å²) in [5.74, 6) is 0. The molecule has 0 aromatic rings. The summed E-state index contributed by atoms with van der Waals surface area (Å²) in [5.41, 5.74) is 0. The molecule has 2 N–H and O–H groups in total. The van der Waals surface area contributed by atoms with E-state index in [4.69, 9.17) is 0 Å². The van der Waals surface area contributed by atoms with Gasteiger partial charge in [-0.3, -0.25) is 4.90 Å². The normalized spacial score (nSPS) is 47.1. The van der Waals surface area contributed by atoms with Crippen LogP contribution in [0.5, 0.6) is 0 Å². The summed E-state index contributed by atoms with van der Waals surface area (Å²) in [6.07, 6.45) is 0.984. The Morgan fingerprint density at radius 1 is 1.40 bits per heavy atom. The highest BCUT2D eigenvalue weighted by atomic mass is 16.3. The number of nitrogens with zero attached hydrogens (tertiary/aromatic N) is 1. The molecule has 0 saturated carbocycles. The molecule has 0 spiro atoms. The Kier molecular flexibility index (Phi) is 1.64. The van der Waals surface area contributed by atoms with E-state index in [0.29, 0.717) is 6.04 Å². The Morgan fingerprint density at radius 3 is 3.10 bits per heavy atom. The lowest BCUT2D eigenvalue weighted by Gasteiger charge is -2.30. The molecule has 0 aliphatic carbocycles. The van der Waals surface area contributed by atoms with E-state index in [1.807, 2.05) is 0 Å². The van der Waals surface area contributed by atoms with Crippen LogP contribution in [0, 0.1) is 0 Å². The maximum Gasteiger partial charge on any atom is 0.0820 e. The van der Waals surface area contributed by atoms with Crippen molar-refractivity contribution >= 4 is 0 Å². The van der Waals surface area contributed by atoms with E-state index in [1.54, 1.807) is 0 Å². The molecule has 3 nitrogen and oxygen atoms in total. The van der Waals surface area contributed by atoms with Crippen LogP contribution < -0.4 is 5.32 Å². The minimum atomic E-state index is -0.128. The largest absolute Gasteiger partial charge is 0.390 e. The molecule has 3 aliphatic rings. The zero-order valence-corrected chi connectivity index (χ0v) is 6.08. The minimum absolute atomic E-state index is 0.128. The van der Waals surface area contributed by atoms with Gasteiger partial charge < -0.3 is 10.4 Å². The summed E-state index contributed by atoms with van der Waals surface area (Å²) >= 11 is 0. The van der Waals surface area contributed by atoms with Crippen molar-refractivity contribution in [1.29, 1.82) is 0 Å². The fourth-order valence-corrected chi connectivity index (χ4v) is 1.85. The van der Waals surface area contributed by atoms with Gasteiger partial charge in [0.1, 0.15) is 0 Å². The second kappa shape index (κ2) is 2.49. The molecule has 3 fully saturated rings. The first kappa shape index (κ1) is 6.58. The second-order valence-electron chi connectivity index (χ2n) is 3.22. The molecule has 3 heterocycles. The fourth-order valence-electron chi connectivity index (χ4n) is 1.85. The number of nitrogens with one attached hydrogen (secondary N) is 1. The maximum atomic E-state index is 9.48. The van der Waals surface area contributed by atoms with E-state index < -0.39 is 0 Å². The van der Waals surface area contributed by atoms with Crippen LogP contribution in [0.1, 0.15) is 6.42 Å². The predicted octanol–water partition coefficient (Wildman–Crippen LogP) is -0.975. The van der Waals surface area contributed by atoms with Crippen molar-refractivity contribution in [1.82, 2.24) is 10.2 Å². The van der Waals surface area contributed by atoms with E-state index in [0.717, 1.165) is 32.6 Å². The van der Waals surface area contributed by atoms with Crippen LogP contribution in [0.4, 0.5) is 0 Å². The zero-order valence-electron chi connectivity index (χ0n) is 6.08. The van der Waals surface area contributed by atoms with Gasteiger partial charge in [-0.15, -0.1) is 0 Å². The van der Waals surface area contributed by atoms with Gasteiger partial charge in [-0.25, -0.2) is 0 Å². The molecule has 2 unspecified atom stereocenters.